The van der Waals surface area contributed by atoms with Crippen molar-refractivity contribution in [2.75, 3.05) is 12.8 Å². The van der Waals surface area contributed by atoms with Gasteiger partial charge in [0.2, 0.25) is 0 Å². The molecule has 0 spiro atoms. The molecule has 0 aromatic heterocycles. The third-order valence-corrected chi connectivity index (χ3v) is 4.18. The molecule has 0 radical (unpaired) electrons. The smallest absolute Gasteiger partial charge is 0.326 e. The van der Waals surface area contributed by atoms with Crippen LogP contribution < -0.4 is 0 Å². The first-order valence-corrected chi connectivity index (χ1v) is 8.14. The lowest BCUT2D eigenvalue weighted by atomic mass is 10.0. The van der Waals surface area contributed by atoms with Crippen molar-refractivity contribution >= 4 is 23.6 Å². The summed E-state index contributed by atoms with van der Waals surface area (Å²) in [6.07, 6.45) is 4.32. The van der Waals surface area contributed by atoms with Crippen LogP contribution in [-0.4, -0.2) is 40.7 Å². The Morgan fingerprint density at radius 3 is 2.60 bits per heavy atom. The van der Waals surface area contributed by atoms with Crippen LogP contribution in [-0.2, 0) is 10.5 Å². The number of hydrogen-bond acceptors (Lipinski definition) is 3. The van der Waals surface area contributed by atoms with Gasteiger partial charge in [-0.3, -0.25) is 4.79 Å². The van der Waals surface area contributed by atoms with Gasteiger partial charge >= 0.3 is 5.97 Å². The molecule has 0 saturated carbocycles. The summed E-state index contributed by atoms with van der Waals surface area (Å²) in [5.74, 6) is -0.166. The highest BCUT2D eigenvalue weighted by molar-refractivity contribution is 7.97. The van der Waals surface area contributed by atoms with E-state index in [0.29, 0.717) is 18.5 Å². The fourth-order valence-electron chi connectivity index (χ4n) is 2.51. The summed E-state index contributed by atoms with van der Waals surface area (Å²) in [6, 6.07) is 6.78. The van der Waals surface area contributed by atoms with Crippen molar-refractivity contribution in [3.05, 3.63) is 35.4 Å². The number of piperidine rings is 1. The number of benzene rings is 1. The second kappa shape index (κ2) is 6.79. The number of carboxylic acid groups (broad SMARTS) is 1. The molecule has 1 atom stereocenters. The van der Waals surface area contributed by atoms with E-state index in [1.165, 1.54) is 10.5 Å². The molecular formula is C15H19NO3S. The van der Waals surface area contributed by atoms with Crippen molar-refractivity contribution in [3.8, 4) is 0 Å². The van der Waals surface area contributed by atoms with Crippen molar-refractivity contribution in [2.45, 2.75) is 31.1 Å². The SMILES string of the molecule is CSCc1ccc(C(=O)N2CCCCC2C(=O)O)cc1. The van der Waals surface area contributed by atoms with Crippen molar-refractivity contribution < 1.29 is 14.7 Å². The molecule has 1 N–H and O–H groups in total. The minimum Gasteiger partial charge on any atom is -0.480 e. The van der Waals surface area contributed by atoms with Crippen molar-refractivity contribution in [1.29, 1.82) is 0 Å². The van der Waals surface area contributed by atoms with Gasteiger partial charge in [0, 0.05) is 17.9 Å². The van der Waals surface area contributed by atoms with E-state index in [1.54, 1.807) is 23.9 Å². The number of thioether (sulfide) groups is 1. The highest BCUT2D eigenvalue weighted by Gasteiger charge is 2.32. The lowest BCUT2D eigenvalue weighted by Gasteiger charge is -2.33. The van der Waals surface area contributed by atoms with Crippen molar-refractivity contribution in [1.82, 2.24) is 4.90 Å². The molecule has 0 aliphatic carbocycles. The van der Waals surface area contributed by atoms with Crippen molar-refractivity contribution in [3.63, 3.8) is 0 Å². The number of rotatable bonds is 4. The van der Waals surface area contributed by atoms with Gasteiger partial charge in [0.25, 0.3) is 5.91 Å². The average molecular weight is 293 g/mol. The molecule has 2 rings (SSSR count). The molecule has 1 aromatic carbocycles. The highest BCUT2D eigenvalue weighted by Crippen LogP contribution is 2.20. The molecule has 1 fully saturated rings. The van der Waals surface area contributed by atoms with E-state index in [4.69, 9.17) is 0 Å². The molecule has 1 aliphatic rings. The van der Waals surface area contributed by atoms with Crippen LogP contribution in [0.15, 0.2) is 24.3 Å². The zero-order chi connectivity index (χ0) is 14.5. The lowest BCUT2D eigenvalue weighted by Crippen LogP contribution is -2.47. The summed E-state index contributed by atoms with van der Waals surface area (Å²) in [6.45, 7) is 0.530. The zero-order valence-corrected chi connectivity index (χ0v) is 12.4. The summed E-state index contributed by atoms with van der Waals surface area (Å²) in [4.78, 5) is 25.2. The Labute approximate surface area is 123 Å². The molecule has 108 valence electrons. The molecule has 1 unspecified atom stereocenters. The first-order valence-electron chi connectivity index (χ1n) is 6.75. The van der Waals surface area contributed by atoms with Crippen molar-refractivity contribution in [2.24, 2.45) is 0 Å². The van der Waals surface area contributed by atoms with Gasteiger partial charge in [-0.15, -0.1) is 0 Å². The largest absolute Gasteiger partial charge is 0.480 e. The van der Waals surface area contributed by atoms with Crippen LogP contribution in [0, 0.1) is 0 Å². The molecule has 1 aliphatic heterocycles. The predicted octanol–water partition coefficient (Wildman–Crippen LogP) is 2.63. The molecule has 1 aromatic rings. The third-order valence-electron chi connectivity index (χ3n) is 3.56. The normalized spacial score (nSPS) is 18.9. The third kappa shape index (κ3) is 3.33. The number of amides is 1. The monoisotopic (exact) mass is 293 g/mol. The fraction of sp³-hybridized carbons (Fsp3) is 0.467. The number of hydrogen-bond donors (Lipinski definition) is 1. The Kier molecular flexibility index (Phi) is 5.06. The Bertz CT molecular complexity index is 486. The summed E-state index contributed by atoms with van der Waals surface area (Å²) in [5.41, 5.74) is 1.74. The van der Waals surface area contributed by atoms with Gasteiger partial charge in [-0.05, 0) is 43.2 Å². The fourth-order valence-corrected chi connectivity index (χ4v) is 3.03. The van der Waals surface area contributed by atoms with Gasteiger partial charge in [-0.1, -0.05) is 12.1 Å². The molecule has 1 heterocycles. The molecule has 5 heteroatoms. The van der Waals surface area contributed by atoms with Crippen LogP contribution in [0.2, 0.25) is 0 Å². The lowest BCUT2D eigenvalue weighted by molar-refractivity contribution is -0.143. The van der Waals surface area contributed by atoms with Gasteiger partial charge in [-0.25, -0.2) is 4.79 Å². The molecule has 4 nitrogen and oxygen atoms in total. The molecule has 0 bridgehead atoms. The first kappa shape index (κ1) is 14.9. The Balaban J connectivity index is 2.14. The summed E-state index contributed by atoms with van der Waals surface area (Å²) >= 11 is 1.73. The highest BCUT2D eigenvalue weighted by atomic mass is 32.2. The number of likely N-dealkylation sites (tertiary alicyclic amines) is 1. The standard InChI is InChI=1S/C15H19NO3S/c1-20-10-11-5-7-12(8-6-11)14(17)16-9-3-2-4-13(16)15(18)19/h5-8,13H,2-4,9-10H2,1H3,(H,18,19). The summed E-state index contributed by atoms with van der Waals surface area (Å²) in [5, 5.41) is 9.22. The van der Waals surface area contributed by atoms with Gasteiger partial charge < -0.3 is 10.0 Å². The molecule has 1 saturated heterocycles. The van der Waals surface area contributed by atoms with Crippen LogP contribution in [0.5, 0.6) is 0 Å². The van der Waals surface area contributed by atoms with E-state index in [2.05, 4.69) is 0 Å². The molecular weight excluding hydrogens is 274 g/mol. The van der Waals surface area contributed by atoms with Crippen LogP contribution in [0.1, 0.15) is 35.2 Å². The maximum Gasteiger partial charge on any atom is 0.326 e. The minimum atomic E-state index is -0.906. The maximum atomic E-state index is 12.4. The van der Waals surface area contributed by atoms with E-state index in [-0.39, 0.29) is 5.91 Å². The maximum absolute atomic E-state index is 12.4. The Morgan fingerprint density at radius 1 is 1.30 bits per heavy atom. The predicted molar refractivity (Wildman–Crippen MR) is 80.0 cm³/mol. The summed E-state index contributed by atoms with van der Waals surface area (Å²) in [7, 11) is 0. The first-order chi connectivity index (χ1) is 9.63. The van der Waals surface area contributed by atoms with E-state index in [9.17, 15) is 14.7 Å². The van der Waals surface area contributed by atoms with Crippen LogP contribution in [0.25, 0.3) is 0 Å². The van der Waals surface area contributed by atoms with Crippen LogP contribution in [0.3, 0.4) is 0 Å². The topological polar surface area (TPSA) is 57.6 Å². The number of aliphatic carboxylic acids is 1. The number of carbonyl (C=O) groups is 2. The van der Waals surface area contributed by atoms with E-state index in [0.717, 1.165) is 18.6 Å². The Hall–Kier alpha value is -1.49. The quantitative estimate of drug-likeness (QED) is 0.927. The van der Waals surface area contributed by atoms with E-state index < -0.39 is 12.0 Å². The summed E-state index contributed by atoms with van der Waals surface area (Å²) < 4.78 is 0. The average Bonchev–Trinajstić information content (AvgIpc) is 2.47. The molecule has 20 heavy (non-hydrogen) atoms. The number of carboxylic acids is 1. The Morgan fingerprint density at radius 2 is 2.00 bits per heavy atom. The van der Waals surface area contributed by atoms with Gasteiger partial charge in [0.1, 0.15) is 6.04 Å². The van der Waals surface area contributed by atoms with Crippen LogP contribution in [0.4, 0.5) is 0 Å². The van der Waals surface area contributed by atoms with E-state index >= 15 is 0 Å². The number of carbonyl (C=O) groups excluding carboxylic acids is 1. The second-order valence-corrected chi connectivity index (χ2v) is 5.84. The molecule has 1 amide bonds. The van der Waals surface area contributed by atoms with Crippen LogP contribution >= 0.6 is 11.8 Å². The van der Waals surface area contributed by atoms with E-state index in [1.807, 2.05) is 18.4 Å². The van der Waals surface area contributed by atoms with Gasteiger partial charge in [-0.2, -0.15) is 11.8 Å². The second-order valence-electron chi connectivity index (χ2n) is 4.98. The minimum absolute atomic E-state index is 0.173. The van der Waals surface area contributed by atoms with Gasteiger partial charge in [0.05, 0.1) is 0 Å². The number of nitrogens with zero attached hydrogens (tertiary/aromatic N) is 1. The zero-order valence-electron chi connectivity index (χ0n) is 11.5. The van der Waals surface area contributed by atoms with Gasteiger partial charge in [0.15, 0.2) is 0 Å².